The summed E-state index contributed by atoms with van der Waals surface area (Å²) in [6.07, 6.45) is 13.0. The van der Waals surface area contributed by atoms with Crippen LogP contribution < -0.4 is 0 Å². The molecular formula is C14H30O2S3. The number of hydrogen-bond donors (Lipinski definition) is 1. The van der Waals surface area contributed by atoms with E-state index in [2.05, 4.69) is 6.92 Å². The molecule has 0 amide bonds. The van der Waals surface area contributed by atoms with Crippen molar-refractivity contribution in [1.82, 2.24) is 0 Å². The van der Waals surface area contributed by atoms with Crippen molar-refractivity contribution in [2.24, 2.45) is 0 Å². The zero-order valence-electron chi connectivity index (χ0n) is 12.3. The largest absolute Gasteiger partial charge is 0.306 e. The van der Waals surface area contributed by atoms with Crippen molar-refractivity contribution >= 4 is 32.7 Å². The van der Waals surface area contributed by atoms with Crippen molar-refractivity contribution in [2.45, 2.75) is 71.1 Å². The topological polar surface area (TPSA) is 37.3 Å². The van der Waals surface area contributed by atoms with Crippen molar-refractivity contribution in [3.8, 4) is 0 Å². The Labute approximate surface area is 130 Å². The second kappa shape index (κ2) is 16.9. The van der Waals surface area contributed by atoms with Gasteiger partial charge in [0.15, 0.2) is 11.1 Å². The number of unbranched alkanes of at least 4 members (excludes halogenated alkanes) is 8. The van der Waals surface area contributed by atoms with E-state index in [0.717, 1.165) is 18.6 Å². The van der Waals surface area contributed by atoms with Crippen LogP contribution >= 0.6 is 21.6 Å². The average Bonchev–Trinajstić information content (AvgIpc) is 2.39. The second-order valence-corrected chi connectivity index (χ2v) is 8.60. The van der Waals surface area contributed by atoms with Gasteiger partial charge in [0.1, 0.15) is 0 Å². The van der Waals surface area contributed by atoms with E-state index in [-0.39, 0.29) is 0 Å². The zero-order valence-corrected chi connectivity index (χ0v) is 14.7. The van der Waals surface area contributed by atoms with Crippen LogP contribution in [-0.2, 0) is 11.1 Å². The van der Waals surface area contributed by atoms with Crippen LogP contribution in [0.15, 0.2) is 0 Å². The Hall–Kier alpha value is 0.810. The van der Waals surface area contributed by atoms with Gasteiger partial charge in [-0.3, -0.25) is 0 Å². The molecule has 0 aromatic carbocycles. The fourth-order valence-electron chi connectivity index (χ4n) is 1.80. The summed E-state index contributed by atoms with van der Waals surface area (Å²) >= 11 is -1.60. The smallest absolute Gasteiger partial charge is 0.152 e. The van der Waals surface area contributed by atoms with Gasteiger partial charge < -0.3 is 4.55 Å². The highest BCUT2D eigenvalue weighted by molar-refractivity contribution is 8.76. The molecule has 0 aliphatic heterocycles. The quantitative estimate of drug-likeness (QED) is 0.244. The maximum absolute atomic E-state index is 10.4. The van der Waals surface area contributed by atoms with Gasteiger partial charge >= 0.3 is 0 Å². The minimum Gasteiger partial charge on any atom is -0.306 e. The third-order valence-corrected chi connectivity index (χ3v) is 6.18. The Bertz CT molecular complexity index is 201. The molecule has 0 aliphatic carbocycles. The normalized spacial score (nSPS) is 12.7. The van der Waals surface area contributed by atoms with E-state index in [1.165, 1.54) is 57.1 Å². The number of rotatable bonds is 15. The van der Waals surface area contributed by atoms with Crippen molar-refractivity contribution in [3.05, 3.63) is 0 Å². The summed E-state index contributed by atoms with van der Waals surface area (Å²) in [6, 6.07) is 0. The molecule has 0 radical (unpaired) electrons. The lowest BCUT2D eigenvalue weighted by Crippen LogP contribution is -1.94. The van der Waals surface area contributed by atoms with E-state index in [0.29, 0.717) is 5.75 Å². The summed E-state index contributed by atoms with van der Waals surface area (Å²) < 4.78 is 19.0. The van der Waals surface area contributed by atoms with Gasteiger partial charge in [0.25, 0.3) is 0 Å². The Morgan fingerprint density at radius 3 is 1.79 bits per heavy atom. The zero-order chi connectivity index (χ0) is 14.2. The van der Waals surface area contributed by atoms with Crippen LogP contribution in [0.1, 0.15) is 71.1 Å². The molecule has 0 fully saturated rings. The molecule has 0 aromatic heterocycles. The van der Waals surface area contributed by atoms with Gasteiger partial charge in [-0.2, -0.15) is 0 Å². The predicted octanol–water partition coefficient (Wildman–Crippen LogP) is 5.51. The molecule has 1 atom stereocenters. The van der Waals surface area contributed by atoms with Gasteiger partial charge in [-0.05, 0) is 19.3 Å². The maximum Gasteiger partial charge on any atom is 0.152 e. The Balaban J connectivity index is 2.93. The fraction of sp³-hybridized carbons (Fsp3) is 1.00. The second-order valence-electron chi connectivity index (χ2n) is 4.85. The molecule has 5 heteroatoms. The summed E-state index contributed by atoms with van der Waals surface area (Å²) in [7, 11) is 3.88. The Kier molecular flexibility index (Phi) is 17.6. The van der Waals surface area contributed by atoms with Crippen LogP contribution in [0.5, 0.6) is 0 Å². The first-order valence-corrected chi connectivity index (χ1v) is 11.4. The SMILES string of the molecule is CCCCCCCCCCSSCCCCS(=O)O. The van der Waals surface area contributed by atoms with Gasteiger partial charge in [-0.1, -0.05) is 73.5 Å². The first-order valence-electron chi connectivity index (χ1n) is 7.59. The highest BCUT2D eigenvalue weighted by Gasteiger charge is 1.96. The Morgan fingerprint density at radius 1 is 0.789 bits per heavy atom. The first-order chi connectivity index (χ1) is 9.27. The van der Waals surface area contributed by atoms with Gasteiger partial charge in [-0.25, -0.2) is 4.21 Å². The minimum atomic E-state index is -1.60. The third-order valence-electron chi connectivity index (χ3n) is 2.96. The molecule has 116 valence electrons. The molecule has 0 spiro atoms. The van der Waals surface area contributed by atoms with Crippen LogP contribution in [0.3, 0.4) is 0 Å². The third kappa shape index (κ3) is 18.8. The van der Waals surface area contributed by atoms with E-state index < -0.39 is 11.1 Å². The molecule has 1 unspecified atom stereocenters. The van der Waals surface area contributed by atoms with Gasteiger partial charge in [0.2, 0.25) is 0 Å². The van der Waals surface area contributed by atoms with Gasteiger partial charge in [0, 0.05) is 17.3 Å². The molecule has 0 aromatic rings. The molecule has 0 rings (SSSR count). The molecule has 0 saturated carbocycles. The van der Waals surface area contributed by atoms with E-state index in [9.17, 15) is 4.21 Å². The van der Waals surface area contributed by atoms with Gasteiger partial charge in [0.05, 0.1) is 0 Å². The lowest BCUT2D eigenvalue weighted by molar-refractivity contribution is 0.561. The summed E-state index contributed by atoms with van der Waals surface area (Å²) in [5.41, 5.74) is 0. The highest BCUT2D eigenvalue weighted by atomic mass is 33.1. The van der Waals surface area contributed by atoms with Crippen molar-refractivity contribution in [3.63, 3.8) is 0 Å². The lowest BCUT2D eigenvalue weighted by atomic mass is 10.1. The summed E-state index contributed by atoms with van der Waals surface area (Å²) in [5, 5.41) is 0. The standard InChI is InChI=1S/C14H30O2S3/c1-2-3-4-5-6-7-8-9-12-17-18-13-10-11-14-19(15)16/h2-14H2,1H3,(H,15,16). The molecule has 0 bridgehead atoms. The molecular weight excluding hydrogens is 296 g/mol. The molecule has 0 saturated heterocycles. The summed E-state index contributed by atoms with van der Waals surface area (Å²) in [4.78, 5) is 0. The fourth-order valence-corrected chi connectivity index (χ4v) is 4.54. The van der Waals surface area contributed by atoms with Crippen LogP contribution in [0.25, 0.3) is 0 Å². The average molecular weight is 327 g/mol. The van der Waals surface area contributed by atoms with Gasteiger partial charge in [-0.15, -0.1) is 0 Å². The minimum absolute atomic E-state index is 0.434. The maximum atomic E-state index is 10.4. The predicted molar refractivity (Wildman–Crippen MR) is 92.4 cm³/mol. The first kappa shape index (κ1) is 19.8. The molecule has 0 aliphatic rings. The lowest BCUT2D eigenvalue weighted by Gasteiger charge is -2.02. The van der Waals surface area contributed by atoms with Crippen molar-refractivity contribution in [2.75, 3.05) is 17.3 Å². The van der Waals surface area contributed by atoms with Crippen LogP contribution in [0.4, 0.5) is 0 Å². The van der Waals surface area contributed by atoms with Crippen molar-refractivity contribution in [1.29, 1.82) is 0 Å². The van der Waals surface area contributed by atoms with E-state index in [1.54, 1.807) is 0 Å². The molecule has 19 heavy (non-hydrogen) atoms. The molecule has 0 heterocycles. The monoisotopic (exact) mass is 326 g/mol. The van der Waals surface area contributed by atoms with E-state index in [4.69, 9.17) is 4.55 Å². The van der Waals surface area contributed by atoms with Crippen LogP contribution in [0, 0.1) is 0 Å². The van der Waals surface area contributed by atoms with Crippen LogP contribution in [-0.4, -0.2) is 26.0 Å². The van der Waals surface area contributed by atoms with E-state index >= 15 is 0 Å². The highest BCUT2D eigenvalue weighted by Crippen LogP contribution is 2.24. The van der Waals surface area contributed by atoms with E-state index in [1.807, 2.05) is 21.6 Å². The molecule has 2 nitrogen and oxygen atoms in total. The van der Waals surface area contributed by atoms with Crippen molar-refractivity contribution < 1.29 is 8.76 Å². The summed E-state index contributed by atoms with van der Waals surface area (Å²) in [5.74, 6) is 2.80. The van der Waals surface area contributed by atoms with Crippen LogP contribution in [0.2, 0.25) is 0 Å². The Morgan fingerprint density at radius 2 is 1.26 bits per heavy atom. The molecule has 1 N–H and O–H groups in total. The number of hydrogen-bond acceptors (Lipinski definition) is 3. The summed E-state index contributed by atoms with van der Waals surface area (Å²) in [6.45, 7) is 2.26.